The van der Waals surface area contributed by atoms with Crippen LogP contribution >= 0.6 is 11.8 Å². The fourth-order valence-electron chi connectivity index (χ4n) is 3.57. The third-order valence-corrected chi connectivity index (χ3v) is 6.80. The van der Waals surface area contributed by atoms with Gasteiger partial charge in [0.1, 0.15) is 5.82 Å². The number of aromatic nitrogens is 2. The standard InChI is InChI=1S/C26H30FN3O2S/c1-4-8-23(24(31)28-16-15-19-9-6-5-7-10-19)33-26-29-18(2)22(25(32)30(26)3)17-20-11-13-21(27)14-12-20/h5-7,9-14,23H,4,8,15-17H2,1-3H3,(H,28,31). The first-order chi connectivity index (χ1) is 15.9. The minimum atomic E-state index is -0.328. The SMILES string of the molecule is CCCC(Sc1nc(C)c(Cc2ccc(F)cc2)c(=O)n1C)C(=O)NCCc1ccccc1. The average Bonchev–Trinajstić information content (AvgIpc) is 2.81. The summed E-state index contributed by atoms with van der Waals surface area (Å²) in [4.78, 5) is 30.6. The number of thioether (sulfide) groups is 1. The van der Waals surface area contributed by atoms with Crippen LogP contribution in [0.5, 0.6) is 0 Å². The van der Waals surface area contributed by atoms with E-state index in [0.717, 1.165) is 18.4 Å². The van der Waals surface area contributed by atoms with Gasteiger partial charge in [-0.15, -0.1) is 0 Å². The van der Waals surface area contributed by atoms with Gasteiger partial charge in [0.2, 0.25) is 5.91 Å². The fourth-order valence-corrected chi connectivity index (χ4v) is 4.80. The summed E-state index contributed by atoms with van der Waals surface area (Å²) in [5.41, 5.74) is 3.08. The summed E-state index contributed by atoms with van der Waals surface area (Å²) in [5, 5.41) is 3.23. The number of carbonyl (C=O) groups excluding carboxylic acids is 1. The van der Waals surface area contributed by atoms with Gasteiger partial charge in [0.15, 0.2) is 5.16 Å². The van der Waals surface area contributed by atoms with Crippen molar-refractivity contribution in [2.24, 2.45) is 7.05 Å². The number of nitrogens with zero attached hydrogens (tertiary/aromatic N) is 2. The number of carbonyl (C=O) groups is 1. The molecule has 1 aromatic heterocycles. The molecule has 1 heterocycles. The van der Waals surface area contributed by atoms with Crippen LogP contribution in [0.15, 0.2) is 64.5 Å². The topological polar surface area (TPSA) is 64.0 Å². The predicted octanol–water partition coefficient (Wildman–Crippen LogP) is 4.44. The number of halogens is 1. The first kappa shape index (κ1) is 24.7. The Morgan fingerprint density at radius 2 is 1.82 bits per heavy atom. The molecule has 0 bridgehead atoms. The Labute approximate surface area is 198 Å². The van der Waals surface area contributed by atoms with Crippen LogP contribution in [0.3, 0.4) is 0 Å². The molecule has 0 spiro atoms. The van der Waals surface area contributed by atoms with E-state index in [1.54, 1.807) is 26.1 Å². The normalized spacial score (nSPS) is 11.9. The van der Waals surface area contributed by atoms with Crippen LogP contribution in [-0.4, -0.2) is 27.3 Å². The van der Waals surface area contributed by atoms with Gasteiger partial charge in [-0.05, 0) is 43.0 Å². The third kappa shape index (κ3) is 6.78. The summed E-state index contributed by atoms with van der Waals surface area (Å²) < 4.78 is 14.7. The van der Waals surface area contributed by atoms with Gasteiger partial charge in [0, 0.05) is 31.3 Å². The second-order valence-electron chi connectivity index (χ2n) is 8.05. The quantitative estimate of drug-likeness (QED) is 0.354. The Kier molecular flexibility index (Phi) is 8.83. The van der Waals surface area contributed by atoms with Crippen molar-refractivity contribution in [2.45, 2.75) is 49.9 Å². The molecule has 3 aromatic rings. The van der Waals surface area contributed by atoms with Crippen molar-refractivity contribution in [2.75, 3.05) is 6.54 Å². The molecule has 174 valence electrons. The maximum absolute atomic E-state index is 13.2. The molecular weight excluding hydrogens is 437 g/mol. The molecule has 0 fully saturated rings. The molecule has 0 aliphatic rings. The van der Waals surface area contributed by atoms with Crippen molar-refractivity contribution < 1.29 is 9.18 Å². The first-order valence-electron chi connectivity index (χ1n) is 11.2. The molecule has 1 amide bonds. The lowest BCUT2D eigenvalue weighted by Crippen LogP contribution is -2.35. The molecule has 0 saturated heterocycles. The van der Waals surface area contributed by atoms with Crippen molar-refractivity contribution in [3.05, 3.63) is 93.2 Å². The van der Waals surface area contributed by atoms with Crippen molar-refractivity contribution >= 4 is 17.7 Å². The highest BCUT2D eigenvalue weighted by Crippen LogP contribution is 2.25. The summed E-state index contributed by atoms with van der Waals surface area (Å²) >= 11 is 1.33. The van der Waals surface area contributed by atoms with E-state index in [1.165, 1.54) is 34.0 Å². The smallest absolute Gasteiger partial charge is 0.257 e. The minimum Gasteiger partial charge on any atom is -0.355 e. The molecule has 33 heavy (non-hydrogen) atoms. The van der Waals surface area contributed by atoms with Gasteiger partial charge in [-0.3, -0.25) is 14.2 Å². The van der Waals surface area contributed by atoms with Crippen LogP contribution in [0.2, 0.25) is 0 Å². The van der Waals surface area contributed by atoms with Gasteiger partial charge >= 0.3 is 0 Å². The minimum absolute atomic E-state index is 0.0416. The van der Waals surface area contributed by atoms with Gasteiger partial charge in [-0.25, -0.2) is 9.37 Å². The molecule has 1 N–H and O–H groups in total. The fraction of sp³-hybridized carbons (Fsp3) is 0.346. The number of benzene rings is 2. The molecular formula is C26H30FN3O2S. The van der Waals surface area contributed by atoms with E-state index in [-0.39, 0.29) is 22.5 Å². The van der Waals surface area contributed by atoms with Crippen molar-refractivity contribution in [1.82, 2.24) is 14.9 Å². The number of nitrogens with one attached hydrogen (secondary N) is 1. The van der Waals surface area contributed by atoms with Crippen LogP contribution in [0.25, 0.3) is 0 Å². The number of rotatable bonds is 10. The van der Waals surface area contributed by atoms with Crippen molar-refractivity contribution in [3.63, 3.8) is 0 Å². The van der Waals surface area contributed by atoms with Crippen molar-refractivity contribution in [3.8, 4) is 0 Å². The summed E-state index contributed by atoms with van der Waals surface area (Å²) in [6, 6.07) is 16.2. The maximum atomic E-state index is 13.2. The number of aryl methyl sites for hydroxylation is 1. The van der Waals surface area contributed by atoms with E-state index < -0.39 is 0 Å². The second kappa shape index (κ2) is 11.8. The Balaban J connectivity index is 1.71. The summed E-state index contributed by atoms with van der Waals surface area (Å²) in [6.07, 6.45) is 2.69. The lowest BCUT2D eigenvalue weighted by molar-refractivity contribution is -0.120. The predicted molar refractivity (Wildman–Crippen MR) is 131 cm³/mol. The molecule has 0 radical (unpaired) electrons. The van der Waals surface area contributed by atoms with Crippen LogP contribution in [0.1, 0.15) is 42.1 Å². The van der Waals surface area contributed by atoms with Gasteiger partial charge in [0.25, 0.3) is 5.56 Å². The van der Waals surface area contributed by atoms with Crippen LogP contribution in [0, 0.1) is 12.7 Å². The Bertz CT molecular complexity index is 1130. The van der Waals surface area contributed by atoms with E-state index in [4.69, 9.17) is 0 Å². The summed E-state index contributed by atoms with van der Waals surface area (Å²) in [7, 11) is 1.68. The number of hydrogen-bond acceptors (Lipinski definition) is 4. The zero-order valence-corrected chi connectivity index (χ0v) is 20.1. The van der Waals surface area contributed by atoms with Crippen molar-refractivity contribution in [1.29, 1.82) is 0 Å². The highest BCUT2D eigenvalue weighted by atomic mass is 32.2. The largest absolute Gasteiger partial charge is 0.355 e. The third-order valence-electron chi connectivity index (χ3n) is 5.49. The molecule has 1 atom stereocenters. The van der Waals surface area contributed by atoms with E-state index in [0.29, 0.717) is 35.8 Å². The lowest BCUT2D eigenvalue weighted by atomic mass is 10.1. The molecule has 1 unspecified atom stereocenters. The Hall–Kier alpha value is -2.93. The van der Waals surface area contributed by atoms with E-state index in [9.17, 15) is 14.0 Å². The lowest BCUT2D eigenvalue weighted by Gasteiger charge is -2.18. The number of amides is 1. The molecule has 7 heteroatoms. The van der Waals surface area contributed by atoms with E-state index in [2.05, 4.69) is 10.3 Å². The molecule has 0 aliphatic carbocycles. The zero-order valence-electron chi connectivity index (χ0n) is 19.3. The molecule has 3 rings (SSSR count). The van der Waals surface area contributed by atoms with E-state index >= 15 is 0 Å². The Morgan fingerprint density at radius 3 is 2.48 bits per heavy atom. The highest BCUT2D eigenvalue weighted by molar-refractivity contribution is 8.00. The van der Waals surface area contributed by atoms with Gasteiger partial charge in [0.05, 0.1) is 5.25 Å². The highest BCUT2D eigenvalue weighted by Gasteiger charge is 2.22. The molecule has 2 aromatic carbocycles. The summed E-state index contributed by atoms with van der Waals surface area (Å²) in [6.45, 7) is 4.40. The zero-order chi connectivity index (χ0) is 23.8. The average molecular weight is 468 g/mol. The first-order valence-corrected chi connectivity index (χ1v) is 12.1. The number of hydrogen-bond donors (Lipinski definition) is 1. The Morgan fingerprint density at radius 1 is 1.12 bits per heavy atom. The summed E-state index contributed by atoms with van der Waals surface area (Å²) in [5.74, 6) is -0.350. The van der Waals surface area contributed by atoms with Crippen LogP contribution < -0.4 is 10.9 Å². The van der Waals surface area contributed by atoms with E-state index in [1.807, 2.05) is 37.3 Å². The molecule has 5 nitrogen and oxygen atoms in total. The van der Waals surface area contributed by atoms with Crippen LogP contribution in [-0.2, 0) is 24.7 Å². The van der Waals surface area contributed by atoms with Crippen LogP contribution in [0.4, 0.5) is 4.39 Å². The van der Waals surface area contributed by atoms with Gasteiger partial charge in [-0.1, -0.05) is 67.6 Å². The monoisotopic (exact) mass is 467 g/mol. The molecule has 0 saturated carbocycles. The molecule has 0 aliphatic heterocycles. The maximum Gasteiger partial charge on any atom is 0.257 e. The van der Waals surface area contributed by atoms with Gasteiger partial charge in [-0.2, -0.15) is 0 Å². The second-order valence-corrected chi connectivity index (χ2v) is 9.22. The van der Waals surface area contributed by atoms with Gasteiger partial charge < -0.3 is 5.32 Å².